The van der Waals surface area contributed by atoms with E-state index in [2.05, 4.69) is 26.6 Å². The molecular weight excluding hydrogens is 688 g/mol. The molecule has 6 atom stereocenters. The molecule has 18 nitrogen and oxygen atoms in total. The fourth-order valence-corrected chi connectivity index (χ4v) is 5.74. The van der Waals surface area contributed by atoms with Gasteiger partial charge < -0.3 is 65.5 Å². The van der Waals surface area contributed by atoms with Crippen LogP contribution in [0.25, 0.3) is 11.1 Å². The lowest BCUT2D eigenvalue weighted by Crippen LogP contribution is -2.60. The van der Waals surface area contributed by atoms with Gasteiger partial charge in [-0.3, -0.25) is 28.8 Å². The second kappa shape index (κ2) is 20.8. The lowest BCUT2D eigenvalue weighted by atomic mass is 9.96. The number of nitrogens with two attached hydrogens (primary N) is 5. The Kier molecular flexibility index (Phi) is 16.6. The summed E-state index contributed by atoms with van der Waals surface area (Å²) in [7, 11) is 0. The number of aliphatic hydroxyl groups is 1. The zero-order valence-corrected chi connectivity index (χ0v) is 29.5. The Bertz CT molecular complexity index is 1610. The summed E-state index contributed by atoms with van der Waals surface area (Å²) >= 11 is 0. The van der Waals surface area contributed by atoms with Crippen molar-refractivity contribution < 1.29 is 39.0 Å². The molecule has 2 aromatic rings. The molecule has 0 aliphatic carbocycles. The average Bonchev–Trinajstić information content (AvgIpc) is 3.13. The van der Waals surface area contributed by atoms with Gasteiger partial charge in [-0.25, -0.2) is 0 Å². The summed E-state index contributed by atoms with van der Waals surface area (Å²) in [6.45, 7) is 0.180. The Hall–Kier alpha value is -5.14. The maximum absolute atomic E-state index is 14.1. The number of nitrogens with one attached hydrogen (secondary N) is 5. The largest absolute Gasteiger partial charge is 0.508 e. The smallest absolute Gasteiger partial charge is 0.243 e. The van der Waals surface area contributed by atoms with Crippen LogP contribution in [0.3, 0.4) is 0 Å². The minimum Gasteiger partial charge on any atom is -0.508 e. The van der Waals surface area contributed by atoms with E-state index in [0.29, 0.717) is 28.7 Å². The van der Waals surface area contributed by atoms with Crippen LogP contribution in [0.15, 0.2) is 42.5 Å². The van der Waals surface area contributed by atoms with Crippen molar-refractivity contribution in [3.8, 4) is 16.9 Å². The van der Waals surface area contributed by atoms with E-state index in [9.17, 15) is 39.0 Å². The van der Waals surface area contributed by atoms with Crippen molar-refractivity contribution in [1.82, 2.24) is 26.6 Å². The first-order valence-electron chi connectivity index (χ1n) is 17.5. The fraction of sp³-hybridized carbons (Fsp3) is 0.486. The van der Waals surface area contributed by atoms with E-state index in [-0.39, 0.29) is 70.5 Å². The van der Waals surface area contributed by atoms with Crippen LogP contribution in [0.4, 0.5) is 0 Å². The third-order valence-corrected chi connectivity index (χ3v) is 8.69. The van der Waals surface area contributed by atoms with Gasteiger partial charge in [0.15, 0.2) is 0 Å². The molecule has 290 valence electrons. The molecule has 2 aromatic carbocycles. The summed E-state index contributed by atoms with van der Waals surface area (Å²) in [6.07, 6.45) is -1.64. The van der Waals surface area contributed by atoms with Gasteiger partial charge >= 0.3 is 0 Å². The lowest BCUT2D eigenvalue weighted by Gasteiger charge is -2.27. The first-order valence-corrected chi connectivity index (χ1v) is 17.5. The predicted octanol–water partition coefficient (Wildman–Crippen LogP) is -3.79. The van der Waals surface area contributed by atoms with Crippen molar-refractivity contribution in [1.29, 1.82) is 0 Å². The normalized spacial score (nSPS) is 19.2. The second-order valence-electron chi connectivity index (χ2n) is 12.9. The number of phenols is 1. The molecule has 0 saturated heterocycles. The van der Waals surface area contributed by atoms with Gasteiger partial charge in [0.1, 0.15) is 29.9 Å². The number of fused-ring (bicyclic) bond motifs is 5. The van der Waals surface area contributed by atoms with Crippen molar-refractivity contribution in [3.05, 3.63) is 53.6 Å². The number of rotatable bonds is 16. The number of aliphatic hydroxyl groups excluding tert-OH is 1. The molecule has 0 spiro atoms. The summed E-state index contributed by atoms with van der Waals surface area (Å²) in [6, 6.07) is 5.64. The number of aromatic hydroxyl groups is 1. The van der Waals surface area contributed by atoms with Crippen LogP contribution in [0, 0.1) is 0 Å². The van der Waals surface area contributed by atoms with Crippen LogP contribution < -0.4 is 55.3 Å². The van der Waals surface area contributed by atoms with E-state index in [4.69, 9.17) is 28.7 Å². The highest BCUT2D eigenvalue weighted by atomic mass is 16.3. The standard InChI is InChI=1S/C35H52N10O8/c36-10-2-5-25(33(51)43-26(7-9-30(40)48)32(50)41-12-11-37)42-34(52)27-14-19-3-1-4-20(13-19)21-6-8-29(47)22(15-21)16-24(39)31(49)44-28(35(53)45-27)17-23(46)18-38/h1,3-4,6,8,13,15,23-28,46-47H,2,5,7,9-12,14,16-18,36-39H2,(H2,40,48)(H,41,50)(H,42,52)(H,43,51)(H,44,49)(H,45,53)/t23-,24+,25-,26-,27+,28+/m1/s1. The SMILES string of the molecule is NCCC[C@@H](NC(=O)[C@@H]1Cc2cccc(c2)-c2ccc(O)c(c2)C[C@H](N)C(=O)N[C@@H](C[C@@H](O)CN)C(=O)N1)C(=O)N[C@H](CCC(N)=O)C(=O)NCCN. The number of benzene rings is 2. The molecule has 1 aliphatic rings. The maximum Gasteiger partial charge on any atom is 0.243 e. The van der Waals surface area contributed by atoms with Crippen LogP contribution >= 0.6 is 0 Å². The van der Waals surface area contributed by atoms with Crippen LogP contribution in [0.1, 0.15) is 43.2 Å². The third kappa shape index (κ3) is 13.1. The first-order chi connectivity index (χ1) is 25.3. The minimum atomic E-state index is -1.38. The number of phenolic OH excluding ortho intramolecular Hbond substituents is 1. The van der Waals surface area contributed by atoms with Gasteiger partial charge in [-0.15, -0.1) is 0 Å². The number of carbonyl (C=O) groups is 6. The first kappa shape index (κ1) is 42.3. The van der Waals surface area contributed by atoms with Crippen molar-refractivity contribution >= 4 is 35.4 Å². The number of hydrogen-bond acceptors (Lipinski definition) is 12. The van der Waals surface area contributed by atoms with Gasteiger partial charge in [0.05, 0.1) is 12.1 Å². The van der Waals surface area contributed by atoms with Crippen molar-refractivity contribution in [2.24, 2.45) is 28.7 Å². The Labute approximate surface area is 307 Å². The van der Waals surface area contributed by atoms with Crippen LogP contribution in [0.5, 0.6) is 5.75 Å². The molecule has 0 unspecified atom stereocenters. The highest BCUT2D eigenvalue weighted by molar-refractivity contribution is 5.96. The summed E-state index contributed by atoms with van der Waals surface area (Å²) in [5, 5.41) is 33.9. The topological polar surface area (TPSA) is 333 Å². The van der Waals surface area contributed by atoms with Gasteiger partial charge in [0.25, 0.3) is 0 Å². The van der Waals surface area contributed by atoms with Crippen LogP contribution in [0.2, 0.25) is 0 Å². The minimum absolute atomic E-state index is 0.0552. The fourth-order valence-electron chi connectivity index (χ4n) is 5.74. The monoisotopic (exact) mass is 740 g/mol. The molecule has 0 aromatic heterocycles. The van der Waals surface area contributed by atoms with E-state index in [1.807, 2.05) is 6.07 Å². The van der Waals surface area contributed by atoms with E-state index in [1.54, 1.807) is 30.3 Å². The van der Waals surface area contributed by atoms with Crippen LogP contribution in [-0.4, -0.2) is 108 Å². The van der Waals surface area contributed by atoms with Crippen molar-refractivity contribution in [2.45, 2.75) is 81.3 Å². The van der Waals surface area contributed by atoms with E-state index >= 15 is 0 Å². The zero-order valence-electron chi connectivity index (χ0n) is 29.5. The molecule has 0 radical (unpaired) electrons. The maximum atomic E-state index is 14.1. The van der Waals surface area contributed by atoms with Crippen LogP contribution in [-0.2, 0) is 41.6 Å². The van der Waals surface area contributed by atoms with Crippen molar-refractivity contribution in [3.63, 3.8) is 0 Å². The molecule has 53 heavy (non-hydrogen) atoms. The van der Waals surface area contributed by atoms with E-state index in [0.717, 1.165) is 0 Å². The summed E-state index contributed by atoms with van der Waals surface area (Å²) < 4.78 is 0. The Morgan fingerprint density at radius 2 is 1.58 bits per heavy atom. The van der Waals surface area contributed by atoms with Gasteiger partial charge in [0.2, 0.25) is 35.4 Å². The molecule has 0 fully saturated rings. The number of primary amides is 1. The van der Waals surface area contributed by atoms with E-state index in [1.165, 1.54) is 6.07 Å². The predicted molar refractivity (Wildman–Crippen MR) is 195 cm³/mol. The van der Waals surface area contributed by atoms with Gasteiger partial charge in [-0.2, -0.15) is 0 Å². The molecule has 1 aliphatic heterocycles. The highest BCUT2D eigenvalue weighted by Crippen LogP contribution is 2.28. The number of amides is 6. The number of carbonyl (C=O) groups excluding carboxylic acids is 6. The molecule has 4 bridgehead atoms. The Morgan fingerprint density at radius 3 is 2.26 bits per heavy atom. The molecule has 6 amide bonds. The molecule has 1 heterocycles. The third-order valence-electron chi connectivity index (χ3n) is 8.69. The molecule has 18 heteroatoms. The molecular formula is C35H52N10O8. The molecule has 3 rings (SSSR count). The quantitative estimate of drug-likeness (QED) is 0.0789. The number of hydrogen-bond donors (Lipinski definition) is 12. The highest BCUT2D eigenvalue weighted by Gasteiger charge is 2.33. The zero-order chi connectivity index (χ0) is 39.1. The molecule has 17 N–H and O–H groups in total. The summed E-state index contributed by atoms with van der Waals surface area (Å²) in [4.78, 5) is 79.0. The summed E-state index contributed by atoms with van der Waals surface area (Å²) in [5.41, 5.74) is 30.7. The van der Waals surface area contributed by atoms with Gasteiger partial charge in [-0.05, 0) is 60.2 Å². The van der Waals surface area contributed by atoms with Gasteiger partial charge in [0, 0.05) is 45.3 Å². The Morgan fingerprint density at radius 1 is 0.868 bits per heavy atom. The van der Waals surface area contributed by atoms with Crippen molar-refractivity contribution in [2.75, 3.05) is 26.2 Å². The van der Waals surface area contributed by atoms with E-state index < -0.39 is 71.8 Å². The molecule has 0 saturated carbocycles. The second-order valence-corrected chi connectivity index (χ2v) is 12.9. The Balaban J connectivity index is 2.01. The lowest BCUT2D eigenvalue weighted by molar-refractivity contribution is -0.135. The average molecular weight is 741 g/mol. The van der Waals surface area contributed by atoms with Gasteiger partial charge in [-0.1, -0.05) is 30.3 Å². The summed E-state index contributed by atoms with van der Waals surface area (Å²) in [5.74, 6) is -4.48.